The van der Waals surface area contributed by atoms with Gasteiger partial charge in [-0.25, -0.2) is 17.5 Å². The average molecular weight is 440 g/mol. The zero-order valence-electron chi connectivity index (χ0n) is 16.1. The molecule has 0 radical (unpaired) electrons. The Balaban J connectivity index is 1.73. The molecule has 1 aliphatic rings. The van der Waals surface area contributed by atoms with E-state index in [2.05, 4.69) is 0 Å². The fraction of sp³-hybridized carbons (Fsp3) is 0.381. The van der Waals surface area contributed by atoms with Gasteiger partial charge >= 0.3 is 0 Å². The smallest absolute Gasteiger partial charge is 0.268 e. The lowest BCUT2D eigenvalue weighted by Crippen LogP contribution is -2.31. The number of hydrogen-bond acceptors (Lipinski definition) is 4. The number of benzene rings is 2. The number of rotatable bonds is 7. The molecule has 1 fully saturated rings. The van der Waals surface area contributed by atoms with Crippen LogP contribution in [0, 0.1) is 11.7 Å². The van der Waals surface area contributed by atoms with Crippen LogP contribution in [0.4, 0.5) is 4.39 Å². The third-order valence-corrected chi connectivity index (χ3v) is 6.73. The topological polar surface area (TPSA) is 72.5 Å². The molecule has 1 saturated carbocycles. The molecule has 0 heterocycles. The lowest BCUT2D eigenvalue weighted by atomic mass is 10.1. The van der Waals surface area contributed by atoms with Gasteiger partial charge in [0.05, 0.1) is 22.1 Å². The van der Waals surface area contributed by atoms with Crippen molar-refractivity contribution in [2.45, 2.75) is 43.9 Å². The summed E-state index contributed by atoms with van der Waals surface area (Å²) in [5.41, 5.74) is 0.498. The van der Waals surface area contributed by atoms with E-state index in [1.807, 2.05) is 11.6 Å². The maximum Gasteiger partial charge on any atom is 0.268 e. The van der Waals surface area contributed by atoms with Crippen molar-refractivity contribution in [1.29, 1.82) is 0 Å². The van der Waals surface area contributed by atoms with Crippen molar-refractivity contribution in [3.63, 3.8) is 0 Å². The van der Waals surface area contributed by atoms with Crippen molar-refractivity contribution < 1.29 is 22.3 Å². The highest BCUT2D eigenvalue weighted by molar-refractivity contribution is 7.90. The van der Waals surface area contributed by atoms with E-state index in [-0.39, 0.29) is 15.7 Å². The molecular formula is C21H23ClFNO4S. The van der Waals surface area contributed by atoms with Crippen molar-refractivity contribution in [3.05, 3.63) is 58.4 Å². The highest BCUT2D eigenvalue weighted by Gasteiger charge is 2.23. The number of carbonyl (C=O) groups excluding carboxylic acids is 1. The Bertz CT molecular complexity index is 986. The van der Waals surface area contributed by atoms with Gasteiger partial charge in [0, 0.05) is 6.07 Å². The standard InChI is InChI=1S/C21H23ClFNO4S/c1-2-14-7-9-16(10-8-14)29(26,27)24-21(25)17-11-18(22)20(12-19(17)23)28-13-15-5-3-4-6-15/h7-12,15H,2-6,13H2,1H3,(H,24,25). The second kappa shape index (κ2) is 9.13. The summed E-state index contributed by atoms with van der Waals surface area (Å²) in [7, 11) is -4.13. The minimum atomic E-state index is -4.13. The molecule has 0 spiro atoms. The second-order valence-corrected chi connectivity index (χ2v) is 9.25. The predicted octanol–water partition coefficient (Wildman–Crippen LogP) is 4.73. The molecule has 1 amide bonds. The Morgan fingerprint density at radius 3 is 2.48 bits per heavy atom. The first kappa shape index (κ1) is 21.6. The molecule has 0 saturated heterocycles. The monoisotopic (exact) mass is 439 g/mol. The molecule has 0 aromatic heterocycles. The third-order valence-electron chi connectivity index (χ3n) is 5.08. The van der Waals surface area contributed by atoms with Crippen LogP contribution in [0.25, 0.3) is 0 Å². The zero-order chi connectivity index (χ0) is 21.0. The van der Waals surface area contributed by atoms with Crippen LogP contribution >= 0.6 is 11.6 Å². The van der Waals surface area contributed by atoms with E-state index < -0.39 is 27.3 Å². The Kier molecular flexibility index (Phi) is 6.80. The lowest BCUT2D eigenvalue weighted by Gasteiger charge is -2.14. The van der Waals surface area contributed by atoms with Crippen LogP contribution in [0.5, 0.6) is 5.75 Å². The molecule has 1 aliphatic carbocycles. The molecule has 0 aliphatic heterocycles. The minimum Gasteiger partial charge on any atom is -0.492 e. The van der Waals surface area contributed by atoms with Gasteiger partial charge in [0.1, 0.15) is 11.6 Å². The maximum absolute atomic E-state index is 14.5. The summed E-state index contributed by atoms with van der Waals surface area (Å²) in [5, 5.41) is 0.0549. The molecule has 0 bridgehead atoms. The van der Waals surface area contributed by atoms with Gasteiger partial charge in [-0.15, -0.1) is 0 Å². The van der Waals surface area contributed by atoms with Gasteiger partial charge in [0.25, 0.3) is 15.9 Å². The van der Waals surface area contributed by atoms with E-state index in [0.717, 1.165) is 49.8 Å². The van der Waals surface area contributed by atoms with Gasteiger partial charge in [-0.1, -0.05) is 43.5 Å². The number of carbonyl (C=O) groups is 1. The average Bonchev–Trinajstić information content (AvgIpc) is 3.21. The van der Waals surface area contributed by atoms with E-state index in [1.165, 1.54) is 12.1 Å². The van der Waals surface area contributed by atoms with Gasteiger partial charge < -0.3 is 4.74 Å². The van der Waals surface area contributed by atoms with Gasteiger partial charge in [0.2, 0.25) is 0 Å². The van der Waals surface area contributed by atoms with Crippen molar-refractivity contribution in [2.24, 2.45) is 5.92 Å². The molecule has 1 N–H and O–H groups in total. The highest BCUT2D eigenvalue weighted by atomic mass is 35.5. The number of aryl methyl sites for hydroxylation is 1. The van der Waals surface area contributed by atoms with E-state index in [9.17, 15) is 17.6 Å². The number of nitrogens with one attached hydrogen (secondary N) is 1. The molecule has 5 nitrogen and oxygen atoms in total. The molecule has 8 heteroatoms. The summed E-state index contributed by atoms with van der Waals surface area (Å²) >= 11 is 6.13. The SMILES string of the molecule is CCc1ccc(S(=O)(=O)NC(=O)c2cc(Cl)c(OCC3CCCC3)cc2F)cc1. The predicted molar refractivity (Wildman–Crippen MR) is 109 cm³/mol. The quantitative estimate of drug-likeness (QED) is 0.676. The van der Waals surface area contributed by atoms with E-state index in [0.29, 0.717) is 12.5 Å². The molecule has 3 rings (SSSR count). The van der Waals surface area contributed by atoms with Crippen LogP contribution in [-0.4, -0.2) is 20.9 Å². The maximum atomic E-state index is 14.5. The third kappa shape index (κ3) is 5.28. The summed E-state index contributed by atoms with van der Waals surface area (Å²) < 4.78 is 46.8. The summed E-state index contributed by atoms with van der Waals surface area (Å²) in [6, 6.07) is 8.23. The van der Waals surface area contributed by atoms with Crippen molar-refractivity contribution in [3.8, 4) is 5.75 Å². The number of ether oxygens (including phenoxy) is 1. The van der Waals surface area contributed by atoms with Gasteiger partial charge in [-0.05, 0) is 48.9 Å². The number of hydrogen-bond donors (Lipinski definition) is 1. The molecule has 156 valence electrons. The summed E-state index contributed by atoms with van der Waals surface area (Å²) in [5.74, 6) is -1.43. The molecular weight excluding hydrogens is 417 g/mol. The molecule has 0 atom stereocenters. The van der Waals surface area contributed by atoms with Crippen LogP contribution in [0.1, 0.15) is 48.5 Å². The molecule has 2 aromatic carbocycles. The first-order chi connectivity index (χ1) is 13.8. The largest absolute Gasteiger partial charge is 0.492 e. The summed E-state index contributed by atoms with van der Waals surface area (Å²) in [6.45, 7) is 2.38. The van der Waals surface area contributed by atoms with E-state index in [4.69, 9.17) is 16.3 Å². The first-order valence-electron chi connectivity index (χ1n) is 9.58. The van der Waals surface area contributed by atoms with Crippen molar-refractivity contribution in [2.75, 3.05) is 6.61 Å². The normalized spacial score (nSPS) is 14.7. The summed E-state index contributed by atoms with van der Waals surface area (Å²) in [6.07, 6.45) is 5.21. The Labute approximate surface area is 175 Å². The minimum absolute atomic E-state index is 0.0549. The van der Waals surface area contributed by atoms with Crippen LogP contribution < -0.4 is 9.46 Å². The molecule has 0 unspecified atom stereocenters. The van der Waals surface area contributed by atoms with E-state index >= 15 is 0 Å². The Morgan fingerprint density at radius 2 is 1.86 bits per heavy atom. The van der Waals surface area contributed by atoms with Gasteiger partial charge in [-0.3, -0.25) is 4.79 Å². The van der Waals surface area contributed by atoms with Crippen LogP contribution in [-0.2, 0) is 16.4 Å². The van der Waals surface area contributed by atoms with Crippen molar-refractivity contribution >= 4 is 27.5 Å². The molecule has 2 aromatic rings. The number of halogens is 2. The highest BCUT2D eigenvalue weighted by Crippen LogP contribution is 2.31. The lowest BCUT2D eigenvalue weighted by molar-refractivity contribution is 0.0977. The van der Waals surface area contributed by atoms with Gasteiger partial charge in [-0.2, -0.15) is 0 Å². The van der Waals surface area contributed by atoms with E-state index in [1.54, 1.807) is 12.1 Å². The van der Waals surface area contributed by atoms with Crippen molar-refractivity contribution in [1.82, 2.24) is 4.72 Å². The fourth-order valence-corrected chi connectivity index (χ4v) is 4.52. The first-order valence-corrected chi connectivity index (χ1v) is 11.4. The van der Waals surface area contributed by atoms with Crippen LogP contribution in [0.2, 0.25) is 5.02 Å². The second-order valence-electron chi connectivity index (χ2n) is 7.16. The Hall–Kier alpha value is -2.12. The van der Waals surface area contributed by atoms with Crippen LogP contribution in [0.3, 0.4) is 0 Å². The number of amides is 1. The molecule has 29 heavy (non-hydrogen) atoms. The Morgan fingerprint density at radius 1 is 1.21 bits per heavy atom. The van der Waals surface area contributed by atoms with Crippen LogP contribution in [0.15, 0.2) is 41.3 Å². The fourth-order valence-electron chi connectivity index (χ4n) is 3.34. The zero-order valence-corrected chi connectivity index (χ0v) is 17.7. The van der Waals surface area contributed by atoms with Gasteiger partial charge in [0.15, 0.2) is 0 Å². The number of sulfonamides is 1. The summed E-state index contributed by atoms with van der Waals surface area (Å²) in [4.78, 5) is 12.3.